The molecule has 1 amide bonds. The molecule has 1 aromatic heterocycles. The van der Waals surface area contributed by atoms with Gasteiger partial charge in [-0.1, -0.05) is 0 Å². The van der Waals surface area contributed by atoms with E-state index in [2.05, 4.69) is 26.2 Å². The van der Waals surface area contributed by atoms with E-state index in [0.29, 0.717) is 12.5 Å². The van der Waals surface area contributed by atoms with Gasteiger partial charge in [0.2, 0.25) is 11.9 Å². The van der Waals surface area contributed by atoms with E-state index in [4.69, 9.17) is 0 Å². The summed E-state index contributed by atoms with van der Waals surface area (Å²) in [6, 6.07) is 0. The minimum atomic E-state index is -0.0104. The average Bonchev–Trinajstić information content (AvgIpc) is 2.35. The molecular formula is C5H4BrN3O. The molecule has 0 bridgehead atoms. The number of carbonyl (C=O) groups is 1. The second kappa shape index (κ2) is 1.82. The lowest BCUT2D eigenvalue weighted by molar-refractivity contribution is -0.115. The Kier molecular flexibility index (Phi) is 1.08. The fourth-order valence-corrected chi connectivity index (χ4v) is 1.31. The van der Waals surface area contributed by atoms with Gasteiger partial charge in [-0.05, 0) is 15.9 Å². The summed E-state index contributed by atoms with van der Waals surface area (Å²) >= 11 is 3.25. The molecule has 5 heteroatoms. The van der Waals surface area contributed by atoms with Crippen molar-refractivity contribution in [3.63, 3.8) is 0 Å². The Morgan fingerprint density at radius 3 is 3.30 bits per heavy atom. The predicted octanol–water partition coefficient (Wildman–Crippen LogP) is 0.598. The first-order chi connectivity index (χ1) is 4.77. The van der Waals surface area contributed by atoms with Gasteiger partial charge >= 0.3 is 0 Å². The summed E-state index contributed by atoms with van der Waals surface area (Å²) in [5, 5.41) is 2.60. The smallest absolute Gasteiger partial charge is 0.246 e. The van der Waals surface area contributed by atoms with Crippen molar-refractivity contribution >= 4 is 27.8 Å². The van der Waals surface area contributed by atoms with Crippen LogP contribution >= 0.6 is 15.9 Å². The van der Waals surface area contributed by atoms with Crippen LogP contribution in [0.2, 0.25) is 0 Å². The highest BCUT2D eigenvalue weighted by atomic mass is 79.9. The van der Waals surface area contributed by atoms with E-state index >= 15 is 0 Å². The van der Waals surface area contributed by atoms with Crippen molar-refractivity contribution in [1.29, 1.82) is 0 Å². The summed E-state index contributed by atoms with van der Waals surface area (Å²) in [7, 11) is 0. The molecule has 1 N–H and O–H groups in total. The number of nitrogens with one attached hydrogen (secondary N) is 1. The summed E-state index contributed by atoms with van der Waals surface area (Å²) in [4.78, 5) is 14.7. The molecule has 52 valence electrons. The Morgan fingerprint density at radius 1 is 1.80 bits per heavy atom. The van der Waals surface area contributed by atoms with Gasteiger partial charge in [0.25, 0.3) is 0 Å². The lowest BCUT2D eigenvalue weighted by Crippen LogP contribution is -2.05. The van der Waals surface area contributed by atoms with Crippen LogP contribution in [0.15, 0.2) is 10.8 Å². The topological polar surface area (TPSA) is 46.9 Å². The number of anilines is 1. The van der Waals surface area contributed by atoms with Gasteiger partial charge in [-0.3, -0.25) is 14.7 Å². The fourth-order valence-electron chi connectivity index (χ4n) is 0.913. The van der Waals surface area contributed by atoms with Crippen molar-refractivity contribution in [2.75, 3.05) is 5.32 Å². The second-order valence-electron chi connectivity index (χ2n) is 2.04. The van der Waals surface area contributed by atoms with Crippen LogP contribution in [0.5, 0.6) is 0 Å². The molecule has 0 unspecified atom stereocenters. The number of fused-ring (bicyclic) bond motifs is 1. The van der Waals surface area contributed by atoms with E-state index in [9.17, 15) is 4.79 Å². The highest BCUT2D eigenvalue weighted by Crippen LogP contribution is 2.20. The van der Waals surface area contributed by atoms with Gasteiger partial charge in [0.05, 0.1) is 6.20 Å². The zero-order valence-electron chi connectivity index (χ0n) is 4.97. The molecule has 0 saturated carbocycles. The molecule has 1 aliphatic rings. The van der Waals surface area contributed by atoms with Crippen molar-refractivity contribution < 1.29 is 4.79 Å². The standard InChI is InChI=1S/C5H4BrN3O/c6-3-1-7-5-8-4(10)2-9(3)5/h1H,2H2,(H,7,8,10). The van der Waals surface area contributed by atoms with Crippen LogP contribution in [0.1, 0.15) is 0 Å². The van der Waals surface area contributed by atoms with E-state index in [1.54, 1.807) is 10.8 Å². The van der Waals surface area contributed by atoms with Crippen LogP contribution in [0.3, 0.4) is 0 Å². The third kappa shape index (κ3) is 0.668. The molecule has 2 heterocycles. The summed E-state index contributed by atoms with van der Waals surface area (Å²) in [5.74, 6) is 0.612. The number of carbonyl (C=O) groups excluding carboxylic acids is 1. The van der Waals surface area contributed by atoms with Gasteiger partial charge in [0.15, 0.2) is 0 Å². The summed E-state index contributed by atoms with van der Waals surface area (Å²) in [5.41, 5.74) is 0. The normalized spacial score (nSPS) is 15.1. The number of hydrogen-bond acceptors (Lipinski definition) is 2. The van der Waals surface area contributed by atoms with E-state index < -0.39 is 0 Å². The second-order valence-corrected chi connectivity index (χ2v) is 2.85. The van der Waals surface area contributed by atoms with Crippen molar-refractivity contribution in [2.45, 2.75) is 6.54 Å². The first-order valence-corrected chi connectivity index (χ1v) is 3.57. The van der Waals surface area contributed by atoms with E-state index in [1.165, 1.54) is 0 Å². The largest absolute Gasteiger partial charge is 0.295 e. The van der Waals surface area contributed by atoms with Crippen LogP contribution in [-0.4, -0.2) is 15.5 Å². The van der Waals surface area contributed by atoms with Crippen molar-refractivity contribution in [2.24, 2.45) is 0 Å². The van der Waals surface area contributed by atoms with Gasteiger partial charge in [-0.25, -0.2) is 4.98 Å². The molecule has 1 aliphatic heterocycles. The van der Waals surface area contributed by atoms with Gasteiger partial charge < -0.3 is 0 Å². The minimum absolute atomic E-state index is 0.0104. The molecule has 1 aromatic rings. The maximum absolute atomic E-state index is 10.7. The fraction of sp³-hybridized carbons (Fsp3) is 0.200. The quantitative estimate of drug-likeness (QED) is 0.669. The third-order valence-corrected chi connectivity index (χ3v) is 1.99. The van der Waals surface area contributed by atoms with Crippen molar-refractivity contribution in [1.82, 2.24) is 9.55 Å². The van der Waals surface area contributed by atoms with Crippen LogP contribution in [0, 0.1) is 0 Å². The van der Waals surface area contributed by atoms with Gasteiger partial charge in [0.1, 0.15) is 11.1 Å². The molecule has 0 radical (unpaired) electrons. The molecular weight excluding hydrogens is 198 g/mol. The molecule has 0 fully saturated rings. The van der Waals surface area contributed by atoms with Crippen LogP contribution in [-0.2, 0) is 11.3 Å². The lowest BCUT2D eigenvalue weighted by atomic mass is 10.6. The van der Waals surface area contributed by atoms with E-state index in [0.717, 1.165) is 4.60 Å². The number of halogens is 1. The van der Waals surface area contributed by atoms with Crippen LogP contribution in [0.4, 0.5) is 5.95 Å². The number of aromatic nitrogens is 2. The molecule has 0 aromatic carbocycles. The summed E-state index contributed by atoms with van der Waals surface area (Å²) < 4.78 is 2.60. The van der Waals surface area contributed by atoms with Crippen molar-refractivity contribution in [3.05, 3.63) is 10.8 Å². The molecule has 10 heavy (non-hydrogen) atoms. The minimum Gasteiger partial charge on any atom is -0.295 e. The highest BCUT2D eigenvalue weighted by Gasteiger charge is 2.19. The first-order valence-electron chi connectivity index (χ1n) is 2.78. The highest BCUT2D eigenvalue weighted by molar-refractivity contribution is 9.10. The number of nitrogens with zero attached hydrogens (tertiary/aromatic N) is 2. The third-order valence-electron chi connectivity index (χ3n) is 1.36. The molecule has 0 atom stereocenters. The number of imidazole rings is 1. The predicted molar refractivity (Wildman–Crippen MR) is 38.6 cm³/mol. The Hall–Kier alpha value is -0.840. The molecule has 0 aliphatic carbocycles. The van der Waals surface area contributed by atoms with Gasteiger partial charge in [0, 0.05) is 0 Å². The summed E-state index contributed by atoms with van der Waals surface area (Å²) in [6.07, 6.45) is 1.66. The van der Waals surface area contributed by atoms with E-state index in [-0.39, 0.29) is 5.91 Å². The number of amides is 1. The molecule has 4 nitrogen and oxygen atoms in total. The monoisotopic (exact) mass is 201 g/mol. The van der Waals surface area contributed by atoms with Crippen LogP contribution < -0.4 is 5.32 Å². The Morgan fingerprint density at radius 2 is 2.60 bits per heavy atom. The maximum atomic E-state index is 10.7. The van der Waals surface area contributed by atoms with Gasteiger partial charge in [-0.2, -0.15) is 0 Å². The number of rotatable bonds is 0. The van der Waals surface area contributed by atoms with E-state index in [1.807, 2.05) is 0 Å². The maximum Gasteiger partial charge on any atom is 0.246 e. The first kappa shape index (κ1) is 5.91. The molecule has 2 rings (SSSR count). The van der Waals surface area contributed by atoms with Crippen LogP contribution in [0.25, 0.3) is 0 Å². The lowest BCUT2D eigenvalue weighted by Gasteiger charge is -1.90. The Balaban J connectivity index is 2.53. The molecule has 0 saturated heterocycles. The zero-order valence-corrected chi connectivity index (χ0v) is 6.55. The zero-order chi connectivity index (χ0) is 7.14. The SMILES string of the molecule is O=C1Cn2c(Br)cnc2N1. The molecule has 0 spiro atoms. The Bertz CT molecular complexity index is 293. The Labute approximate surface area is 65.4 Å². The van der Waals surface area contributed by atoms with Crippen molar-refractivity contribution in [3.8, 4) is 0 Å². The van der Waals surface area contributed by atoms with Gasteiger partial charge in [-0.15, -0.1) is 0 Å². The summed E-state index contributed by atoms with van der Waals surface area (Å²) in [6.45, 7) is 0.371. The average molecular weight is 202 g/mol. The number of hydrogen-bond donors (Lipinski definition) is 1.